The van der Waals surface area contributed by atoms with E-state index in [1.807, 2.05) is 0 Å². The molecule has 0 N–H and O–H groups in total. The second-order valence-corrected chi connectivity index (χ2v) is 8.53. The number of imidazole rings is 1. The van der Waals surface area contributed by atoms with Gasteiger partial charge in [0.2, 0.25) is 0 Å². The molecule has 1 atom stereocenters. The van der Waals surface area contributed by atoms with E-state index in [4.69, 9.17) is 14.7 Å². The highest BCUT2D eigenvalue weighted by molar-refractivity contribution is 9.10. The molecule has 0 spiro atoms. The van der Waals surface area contributed by atoms with Crippen LogP contribution >= 0.6 is 15.9 Å². The molecule has 142 valence electrons. The molecule has 0 saturated carbocycles. The Bertz CT molecular complexity index is 993. The summed E-state index contributed by atoms with van der Waals surface area (Å²) in [5.41, 5.74) is 6.99. The van der Waals surface area contributed by atoms with Crippen LogP contribution in [0.1, 0.15) is 61.4 Å². The molecule has 1 aliphatic carbocycles. The Morgan fingerprint density at radius 3 is 2.81 bits per heavy atom. The molecule has 3 aromatic rings. The van der Waals surface area contributed by atoms with E-state index in [-0.39, 0.29) is 6.10 Å². The van der Waals surface area contributed by atoms with Gasteiger partial charge < -0.3 is 9.30 Å². The summed E-state index contributed by atoms with van der Waals surface area (Å²) in [5.74, 6) is 1.11. The van der Waals surface area contributed by atoms with Crippen molar-refractivity contribution in [3.05, 3.63) is 56.9 Å². The van der Waals surface area contributed by atoms with Crippen molar-refractivity contribution in [1.82, 2.24) is 14.5 Å². The van der Waals surface area contributed by atoms with Gasteiger partial charge in [0.15, 0.2) is 5.65 Å². The number of ether oxygens (including phenoxy) is 1. The zero-order chi connectivity index (χ0) is 19.1. The molecule has 0 unspecified atom stereocenters. The zero-order valence-electron chi connectivity index (χ0n) is 16.4. The summed E-state index contributed by atoms with van der Waals surface area (Å²) in [6.07, 6.45) is 3.28. The minimum absolute atomic E-state index is 0.194. The summed E-state index contributed by atoms with van der Waals surface area (Å²) < 4.78 is 9.33. The number of aryl methyl sites for hydroxylation is 3. The highest BCUT2D eigenvalue weighted by Gasteiger charge is 2.28. The molecule has 0 bridgehead atoms. The molecule has 0 saturated heterocycles. The number of benzene rings is 1. The van der Waals surface area contributed by atoms with Gasteiger partial charge in [0.1, 0.15) is 11.3 Å². The van der Waals surface area contributed by atoms with E-state index >= 15 is 0 Å². The van der Waals surface area contributed by atoms with Gasteiger partial charge in [0.05, 0.1) is 24.4 Å². The fourth-order valence-electron chi connectivity index (χ4n) is 4.06. The average Bonchev–Trinajstić information content (AvgIpc) is 3.20. The standard InChI is InChI=1S/C22H26BrN3O/c1-5-20-25-21-14(4)10-17(12-27-13(2)3)24-22(21)26(20)19-9-6-15-11-16(23)7-8-18(15)19/h7-8,10-11,13,19H,5-6,9,12H2,1-4H3/t19-/m0/s1. The van der Waals surface area contributed by atoms with Gasteiger partial charge in [0, 0.05) is 10.9 Å². The van der Waals surface area contributed by atoms with Crippen molar-refractivity contribution in [3.63, 3.8) is 0 Å². The third-order valence-corrected chi connectivity index (χ3v) is 5.80. The van der Waals surface area contributed by atoms with Crippen molar-refractivity contribution in [1.29, 1.82) is 0 Å². The Balaban J connectivity index is 1.85. The normalized spacial score (nSPS) is 16.4. The number of aromatic nitrogens is 3. The predicted molar refractivity (Wildman–Crippen MR) is 112 cm³/mol. The van der Waals surface area contributed by atoms with Crippen molar-refractivity contribution >= 4 is 27.1 Å². The summed E-state index contributed by atoms with van der Waals surface area (Å²) >= 11 is 3.60. The number of halogens is 1. The quantitative estimate of drug-likeness (QED) is 0.537. The number of pyridine rings is 1. The summed E-state index contributed by atoms with van der Waals surface area (Å²) in [5, 5.41) is 0. The molecular formula is C22H26BrN3O. The first-order valence-electron chi connectivity index (χ1n) is 9.75. The van der Waals surface area contributed by atoms with Gasteiger partial charge in [-0.15, -0.1) is 0 Å². The third kappa shape index (κ3) is 3.43. The van der Waals surface area contributed by atoms with Gasteiger partial charge in [-0.2, -0.15) is 0 Å². The van der Waals surface area contributed by atoms with E-state index in [0.717, 1.165) is 46.4 Å². The number of nitrogens with zero attached hydrogens (tertiary/aromatic N) is 3. The van der Waals surface area contributed by atoms with E-state index < -0.39 is 0 Å². The van der Waals surface area contributed by atoms with Crippen molar-refractivity contribution < 1.29 is 4.74 Å². The smallest absolute Gasteiger partial charge is 0.161 e. The number of hydrogen-bond donors (Lipinski definition) is 0. The Morgan fingerprint density at radius 2 is 2.07 bits per heavy atom. The largest absolute Gasteiger partial charge is 0.373 e. The van der Waals surface area contributed by atoms with E-state index in [1.54, 1.807) is 0 Å². The second-order valence-electron chi connectivity index (χ2n) is 7.61. The Kier molecular flexibility index (Phi) is 5.08. The van der Waals surface area contributed by atoms with Crippen LogP contribution in [-0.2, 0) is 24.2 Å². The molecule has 1 aromatic carbocycles. The molecule has 5 heteroatoms. The number of fused-ring (bicyclic) bond motifs is 2. The van der Waals surface area contributed by atoms with Gasteiger partial charge in [-0.05, 0) is 68.5 Å². The van der Waals surface area contributed by atoms with Crippen LogP contribution < -0.4 is 0 Å². The van der Waals surface area contributed by atoms with Gasteiger partial charge >= 0.3 is 0 Å². The molecule has 1 aliphatic rings. The highest BCUT2D eigenvalue weighted by Crippen LogP contribution is 2.38. The zero-order valence-corrected chi connectivity index (χ0v) is 18.0. The molecule has 0 amide bonds. The van der Waals surface area contributed by atoms with Crippen LogP contribution in [0.15, 0.2) is 28.7 Å². The lowest BCUT2D eigenvalue weighted by Gasteiger charge is -2.18. The van der Waals surface area contributed by atoms with Crippen molar-refractivity contribution in [2.24, 2.45) is 0 Å². The molecule has 2 heterocycles. The Hall–Kier alpha value is -1.72. The van der Waals surface area contributed by atoms with E-state index in [1.165, 1.54) is 16.7 Å². The van der Waals surface area contributed by atoms with Crippen molar-refractivity contribution in [3.8, 4) is 0 Å². The summed E-state index contributed by atoms with van der Waals surface area (Å²) in [6, 6.07) is 9.06. The first-order valence-corrected chi connectivity index (χ1v) is 10.5. The summed E-state index contributed by atoms with van der Waals surface area (Å²) in [4.78, 5) is 9.93. The topological polar surface area (TPSA) is 39.9 Å². The SMILES string of the molecule is CCc1nc2c(C)cc(COC(C)C)nc2n1[C@H]1CCc2cc(Br)ccc21. The van der Waals surface area contributed by atoms with Crippen LogP contribution in [0.3, 0.4) is 0 Å². The van der Waals surface area contributed by atoms with Gasteiger partial charge in [-0.25, -0.2) is 9.97 Å². The molecule has 0 radical (unpaired) electrons. The lowest BCUT2D eigenvalue weighted by molar-refractivity contribution is 0.0637. The van der Waals surface area contributed by atoms with Crippen molar-refractivity contribution in [2.45, 2.75) is 65.7 Å². The molecular weight excluding hydrogens is 402 g/mol. The van der Waals surface area contributed by atoms with Crippen LogP contribution in [-0.4, -0.2) is 20.6 Å². The number of hydrogen-bond acceptors (Lipinski definition) is 3. The van der Waals surface area contributed by atoms with Crippen molar-refractivity contribution in [2.75, 3.05) is 0 Å². The first-order chi connectivity index (χ1) is 13.0. The number of rotatable bonds is 5. The molecule has 27 heavy (non-hydrogen) atoms. The first kappa shape index (κ1) is 18.6. The van der Waals surface area contributed by atoms with E-state index in [9.17, 15) is 0 Å². The maximum atomic E-state index is 5.80. The fourth-order valence-corrected chi connectivity index (χ4v) is 4.47. The van der Waals surface area contributed by atoms with Gasteiger partial charge in [0.25, 0.3) is 0 Å². The predicted octanol–water partition coefficient (Wildman–Crippen LogP) is 5.53. The van der Waals surface area contributed by atoms with E-state index in [0.29, 0.717) is 12.6 Å². The lowest BCUT2D eigenvalue weighted by Crippen LogP contribution is -2.12. The molecule has 0 aliphatic heterocycles. The molecule has 2 aromatic heterocycles. The van der Waals surface area contributed by atoms with Crippen LogP contribution in [0.4, 0.5) is 0 Å². The highest BCUT2D eigenvalue weighted by atomic mass is 79.9. The van der Waals surface area contributed by atoms with Crippen LogP contribution in [0.5, 0.6) is 0 Å². The van der Waals surface area contributed by atoms with Gasteiger partial charge in [-0.3, -0.25) is 0 Å². The van der Waals surface area contributed by atoms with E-state index in [2.05, 4.69) is 72.5 Å². The molecule has 4 nitrogen and oxygen atoms in total. The third-order valence-electron chi connectivity index (χ3n) is 5.31. The lowest BCUT2D eigenvalue weighted by atomic mass is 10.1. The van der Waals surface area contributed by atoms with Gasteiger partial charge in [-0.1, -0.05) is 28.9 Å². The fraction of sp³-hybridized carbons (Fsp3) is 0.455. The molecule has 4 rings (SSSR count). The average molecular weight is 428 g/mol. The monoisotopic (exact) mass is 427 g/mol. The van der Waals surface area contributed by atoms with Crippen LogP contribution in [0.2, 0.25) is 0 Å². The molecule has 0 fully saturated rings. The maximum Gasteiger partial charge on any atom is 0.161 e. The van der Waals surface area contributed by atoms with Crippen LogP contribution in [0.25, 0.3) is 11.2 Å². The Labute approximate surface area is 169 Å². The summed E-state index contributed by atoms with van der Waals surface area (Å²) in [7, 11) is 0. The maximum absolute atomic E-state index is 5.80. The van der Waals surface area contributed by atoms with Crippen LogP contribution in [0, 0.1) is 6.92 Å². The summed E-state index contributed by atoms with van der Waals surface area (Å²) in [6.45, 7) is 8.94. The minimum atomic E-state index is 0.194. The minimum Gasteiger partial charge on any atom is -0.373 e. The second kappa shape index (κ2) is 7.36. The Morgan fingerprint density at radius 1 is 1.26 bits per heavy atom.